The van der Waals surface area contributed by atoms with Crippen LogP contribution in [0.25, 0.3) is 11.0 Å². The zero-order valence-corrected chi connectivity index (χ0v) is 19.4. The molecule has 4 rings (SSSR count). The van der Waals surface area contributed by atoms with Crippen LogP contribution in [0.2, 0.25) is 0 Å². The SMILES string of the molecule is Cc1nn([C@H]2CCS(=O)(=O)C2)c(C)c1CN(C)[C@H](C)C(=O)Nc1ccc2[nH]c(=O)[nH]c2c1. The Kier molecular flexibility index (Phi) is 5.72. The van der Waals surface area contributed by atoms with Crippen molar-refractivity contribution < 1.29 is 13.2 Å². The first-order valence-electron chi connectivity index (χ1n) is 10.5. The van der Waals surface area contributed by atoms with Crippen molar-refractivity contribution in [1.82, 2.24) is 24.6 Å². The second-order valence-corrected chi connectivity index (χ2v) is 10.8. The molecule has 1 aliphatic rings. The molecule has 3 heterocycles. The Morgan fingerprint density at radius 3 is 2.72 bits per heavy atom. The maximum absolute atomic E-state index is 12.8. The molecule has 3 N–H and O–H groups in total. The zero-order valence-electron chi connectivity index (χ0n) is 18.6. The number of nitrogens with one attached hydrogen (secondary N) is 3. The molecule has 1 aromatic carbocycles. The number of aryl methyl sites for hydroxylation is 1. The number of carbonyl (C=O) groups is 1. The first kappa shape index (κ1) is 22.3. The molecule has 2 atom stereocenters. The number of rotatable bonds is 6. The quantitative estimate of drug-likeness (QED) is 0.510. The number of amides is 1. The molecule has 11 heteroatoms. The number of H-pyrrole nitrogens is 2. The Bertz CT molecular complexity index is 1340. The van der Waals surface area contributed by atoms with Gasteiger partial charge in [-0.3, -0.25) is 14.4 Å². The molecule has 3 aromatic rings. The number of hydrogen-bond donors (Lipinski definition) is 3. The molecule has 0 radical (unpaired) electrons. The van der Waals surface area contributed by atoms with Crippen molar-refractivity contribution in [1.29, 1.82) is 0 Å². The van der Waals surface area contributed by atoms with E-state index in [-0.39, 0.29) is 29.1 Å². The highest BCUT2D eigenvalue weighted by Gasteiger charge is 2.32. The van der Waals surface area contributed by atoms with Crippen LogP contribution in [0.15, 0.2) is 23.0 Å². The summed E-state index contributed by atoms with van der Waals surface area (Å²) in [5.41, 5.74) is 4.39. The summed E-state index contributed by atoms with van der Waals surface area (Å²) in [6, 6.07) is 4.64. The number of fused-ring (bicyclic) bond motifs is 1. The van der Waals surface area contributed by atoms with Crippen molar-refractivity contribution in [3.05, 3.63) is 45.6 Å². The highest BCUT2D eigenvalue weighted by atomic mass is 32.2. The van der Waals surface area contributed by atoms with Crippen molar-refractivity contribution in [3.63, 3.8) is 0 Å². The van der Waals surface area contributed by atoms with Gasteiger partial charge >= 0.3 is 5.69 Å². The molecule has 2 aromatic heterocycles. The van der Waals surface area contributed by atoms with Crippen molar-refractivity contribution in [2.45, 2.75) is 45.8 Å². The number of aromatic nitrogens is 4. The van der Waals surface area contributed by atoms with Gasteiger partial charge in [0.15, 0.2) is 9.84 Å². The van der Waals surface area contributed by atoms with E-state index in [1.807, 2.05) is 37.4 Å². The molecule has 32 heavy (non-hydrogen) atoms. The molecule has 0 unspecified atom stereocenters. The van der Waals surface area contributed by atoms with E-state index < -0.39 is 15.9 Å². The number of anilines is 1. The van der Waals surface area contributed by atoms with Gasteiger partial charge in [0.2, 0.25) is 5.91 Å². The first-order valence-corrected chi connectivity index (χ1v) is 12.3. The van der Waals surface area contributed by atoms with Gasteiger partial charge in [-0.1, -0.05) is 0 Å². The molecule has 1 amide bonds. The monoisotopic (exact) mass is 460 g/mol. The van der Waals surface area contributed by atoms with Crippen LogP contribution in [-0.2, 0) is 21.2 Å². The van der Waals surface area contributed by atoms with Crippen molar-refractivity contribution >= 4 is 32.5 Å². The summed E-state index contributed by atoms with van der Waals surface area (Å²) in [6.45, 7) is 6.19. The average molecular weight is 461 g/mol. The zero-order chi connectivity index (χ0) is 23.2. The summed E-state index contributed by atoms with van der Waals surface area (Å²) in [5.74, 6) is 0.152. The standard InChI is InChI=1S/C21H28N6O4S/c1-12-17(13(2)27(25-12)16-7-8-32(30,31)11-16)10-26(4)14(3)20(28)22-15-5-6-18-19(9-15)24-21(29)23-18/h5-6,9,14,16H,7-8,10-11H2,1-4H3,(H,22,28)(H2,23,24,29)/t14-,16+/m1/s1. The predicted molar refractivity (Wildman–Crippen MR) is 122 cm³/mol. The Labute approximate surface area is 185 Å². The fourth-order valence-corrected chi connectivity index (χ4v) is 5.89. The van der Waals surface area contributed by atoms with E-state index in [0.717, 1.165) is 17.0 Å². The third-order valence-electron chi connectivity index (χ3n) is 6.26. The third-order valence-corrected chi connectivity index (χ3v) is 8.01. The Hall–Kier alpha value is -2.92. The average Bonchev–Trinajstić information content (AvgIpc) is 3.36. The van der Waals surface area contributed by atoms with E-state index in [4.69, 9.17) is 0 Å². The minimum atomic E-state index is -3.00. The molecule has 1 saturated heterocycles. The molecule has 10 nitrogen and oxygen atoms in total. The van der Waals surface area contributed by atoms with Gasteiger partial charge in [-0.2, -0.15) is 5.10 Å². The molecular weight excluding hydrogens is 432 g/mol. The molecular formula is C21H28N6O4S. The number of carbonyl (C=O) groups excluding carboxylic acids is 1. The van der Waals surface area contributed by atoms with Gasteiger partial charge in [-0.05, 0) is 52.4 Å². The number of nitrogens with zero attached hydrogens (tertiary/aromatic N) is 3. The van der Waals surface area contributed by atoms with Gasteiger partial charge in [0.25, 0.3) is 0 Å². The summed E-state index contributed by atoms with van der Waals surface area (Å²) < 4.78 is 25.6. The third kappa shape index (κ3) is 4.35. The summed E-state index contributed by atoms with van der Waals surface area (Å²) in [5, 5.41) is 7.50. The highest BCUT2D eigenvalue weighted by Crippen LogP contribution is 2.27. The van der Waals surface area contributed by atoms with Crippen LogP contribution in [0.5, 0.6) is 0 Å². The van der Waals surface area contributed by atoms with Gasteiger partial charge in [-0.25, -0.2) is 13.2 Å². The van der Waals surface area contributed by atoms with Crippen LogP contribution in [-0.4, -0.2) is 63.6 Å². The smallest absolute Gasteiger partial charge is 0.323 e. The van der Waals surface area contributed by atoms with E-state index in [9.17, 15) is 18.0 Å². The van der Waals surface area contributed by atoms with E-state index in [2.05, 4.69) is 20.4 Å². The van der Waals surface area contributed by atoms with Crippen LogP contribution in [0, 0.1) is 13.8 Å². The number of sulfone groups is 1. The van der Waals surface area contributed by atoms with Crippen molar-refractivity contribution in [2.75, 3.05) is 23.9 Å². The van der Waals surface area contributed by atoms with E-state index in [1.165, 1.54) is 0 Å². The summed E-state index contributed by atoms with van der Waals surface area (Å²) >= 11 is 0. The number of benzene rings is 1. The van der Waals surface area contributed by atoms with Crippen LogP contribution >= 0.6 is 0 Å². The number of imidazole rings is 1. The Morgan fingerprint density at radius 2 is 2.03 bits per heavy atom. The number of hydrogen-bond acceptors (Lipinski definition) is 6. The first-order chi connectivity index (χ1) is 15.0. The highest BCUT2D eigenvalue weighted by molar-refractivity contribution is 7.91. The van der Waals surface area contributed by atoms with Crippen LogP contribution in [0.4, 0.5) is 5.69 Å². The molecule has 0 bridgehead atoms. The number of likely N-dealkylation sites (N-methyl/N-ethyl adjacent to an activating group) is 1. The van der Waals surface area contributed by atoms with Gasteiger partial charge < -0.3 is 15.3 Å². The minimum absolute atomic E-state index is 0.125. The van der Waals surface area contributed by atoms with Crippen LogP contribution in [0.1, 0.15) is 36.3 Å². The second kappa shape index (κ2) is 8.21. The van der Waals surface area contributed by atoms with E-state index in [1.54, 1.807) is 18.2 Å². The van der Waals surface area contributed by atoms with Gasteiger partial charge in [-0.15, -0.1) is 0 Å². The summed E-state index contributed by atoms with van der Waals surface area (Å²) in [6.07, 6.45) is 0.579. The molecule has 0 saturated carbocycles. The maximum Gasteiger partial charge on any atom is 0.323 e. The number of aromatic amines is 2. The lowest BCUT2D eigenvalue weighted by atomic mass is 10.1. The lowest BCUT2D eigenvalue weighted by Gasteiger charge is -2.24. The summed E-state index contributed by atoms with van der Waals surface area (Å²) in [7, 11) is -1.13. The maximum atomic E-state index is 12.8. The fraction of sp³-hybridized carbons (Fsp3) is 0.476. The molecule has 0 aliphatic carbocycles. The minimum Gasteiger partial charge on any atom is -0.325 e. The van der Waals surface area contributed by atoms with Crippen molar-refractivity contribution in [3.8, 4) is 0 Å². The predicted octanol–water partition coefficient (Wildman–Crippen LogP) is 1.49. The molecule has 1 fully saturated rings. The van der Waals surface area contributed by atoms with Crippen LogP contribution in [0.3, 0.4) is 0 Å². The fourth-order valence-electron chi connectivity index (χ4n) is 4.19. The molecule has 0 spiro atoms. The lowest BCUT2D eigenvalue weighted by molar-refractivity contribution is -0.120. The largest absolute Gasteiger partial charge is 0.325 e. The summed E-state index contributed by atoms with van der Waals surface area (Å²) in [4.78, 5) is 31.5. The van der Waals surface area contributed by atoms with Gasteiger partial charge in [0, 0.05) is 23.5 Å². The van der Waals surface area contributed by atoms with Gasteiger partial charge in [0.1, 0.15) is 0 Å². The van der Waals surface area contributed by atoms with Crippen LogP contribution < -0.4 is 11.0 Å². The van der Waals surface area contributed by atoms with Crippen molar-refractivity contribution in [2.24, 2.45) is 0 Å². The topological polar surface area (TPSA) is 133 Å². The van der Waals surface area contributed by atoms with E-state index in [0.29, 0.717) is 29.7 Å². The Morgan fingerprint density at radius 1 is 1.31 bits per heavy atom. The molecule has 1 aliphatic heterocycles. The molecule has 172 valence electrons. The lowest BCUT2D eigenvalue weighted by Crippen LogP contribution is -2.39. The normalized spacial score (nSPS) is 19.0. The van der Waals surface area contributed by atoms with E-state index >= 15 is 0 Å². The second-order valence-electron chi connectivity index (χ2n) is 8.57. The van der Waals surface area contributed by atoms with Gasteiger partial charge in [0.05, 0.1) is 40.3 Å². The Balaban J connectivity index is 1.45.